The summed E-state index contributed by atoms with van der Waals surface area (Å²) in [4.78, 5) is 24.8. The van der Waals surface area contributed by atoms with Crippen LogP contribution in [0.15, 0.2) is 34.9 Å². The summed E-state index contributed by atoms with van der Waals surface area (Å²) in [5, 5.41) is 13.2. The number of morpholine rings is 1. The van der Waals surface area contributed by atoms with Gasteiger partial charge in [0, 0.05) is 24.7 Å². The summed E-state index contributed by atoms with van der Waals surface area (Å²) in [6.45, 7) is 0.877. The average Bonchev–Trinajstić information content (AvgIpc) is 3.04. The van der Waals surface area contributed by atoms with Crippen molar-refractivity contribution in [1.82, 2.24) is 10.1 Å². The molecule has 7 nitrogen and oxygen atoms in total. The van der Waals surface area contributed by atoms with Crippen molar-refractivity contribution >= 4 is 23.5 Å². The first-order valence-electron chi connectivity index (χ1n) is 7.39. The Kier molecular flexibility index (Phi) is 4.82. The van der Waals surface area contributed by atoms with Crippen molar-refractivity contribution in [3.63, 3.8) is 0 Å². The predicted octanol–water partition coefficient (Wildman–Crippen LogP) is 2.31. The molecular weight excluding hydrogens is 336 g/mol. The van der Waals surface area contributed by atoms with Crippen LogP contribution < -0.4 is 0 Å². The number of amides is 1. The van der Waals surface area contributed by atoms with E-state index in [2.05, 4.69) is 5.16 Å². The maximum Gasteiger partial charge on any atom is 0.306 e. The van der Waals surface area contributed by atoms with Gasteiger partial charge in [0.05, 0.1) is 24.2 Å². The Bertz CT molecular complexity index is 760. The second-order valence-corrected chi connectivity index (χ2v) is 5.81. The fourth-order valence-electron chi connectivity index (χ4n) is 2.55. The first kappa shape index (κ1) is 16.5. The largest absolute Gasteiger partial charge is 0.481 e. The monoisotopic (exact) mass is 350 g/mol. The van der Waals surface area contributed by atoms with Gasteiger partial charge in [-0.3, -0.25) is 9.59 Å². The van der Waals surface area contributed by atoms with E-state index in [-0.39, 0.29) is 24.6 Å². The predicted molar refractivity (Wildman–Crippen MR) is 84.8 cm³/mol. The van der Waals surface area contributed by atoms with Gasteiger partial charge in [-0.2, -0.15) is 0 Å². The molecule has 3 rings (SSSR count). The van der Waals surface area contributed by atoms with E-state index in [1.807, 2.05) is 6.07 Å². The molecule has 1 unspecified atom stereocenters. The van der Waals surface area contributed by atoms with Crippen molar-refractivity contribution in [2.75, 3.05) is 19.7 Å². The molecule has 1 amide bonds. The van der Waals surface area contributed by atoms with Crippen molar-refractivity contribution < 1.29 is 24.0 Å². The first-order valence-corrected chi connectivity index (χ1v) is 7.76. The van der Waals surface area contributed by atoms with Crippen LogP contribution in [0.4, 0.5) is 0 Å². The molecular formula is C16H15ClN2O5. The van der Waals surface area contributed by atoms with Crippen LogP contribution in [-0.2, 0) is 9.53 Å². The molecule has 0 spiro atoms. The molecule has 1 N–H and O–H groups in total. The number of rotatable bonds is 4. The lowest BCUT2D eigenvalue weighted by molar-refractivity contribution is -0.141. The van der Waals surface area contributed by atoms with Gasteiger partial charge in [0.2, 0.25) is 0 Å². The van der Waals surface area contributed by atoms with E-state index in [9.17, 15) is 9.59 Å². The second-order valence-electron chi connectivity index (χ2n) is 5.40. The zero-order valence-corrected chi connectivity index (χ0v) is 13.4. The second kappa shape index (κ2) is 7.02. The highest BCUT2D eigenvalue weighted by Crippen LogP contribution is 2.28. The number of ether oxygens (including phenoxy) is 1. The summed E-state index contributed by atoms with van der Waals surface area (Å²) >= 11 is 6.11. The maximum atomic E-state index is 12.5. The Labute approximate surface area is 142 Å². The fourth-order valence-corrected chi connectivity index (χ4v) is 2.78. The number of hydrogen-bond acceptors (Lipinski definition) is 5. The van der Waals surface area contributed by atoms with E-state index in [1.54, 1.807) is 18.2 Å². The standard InChI is InChI=1S/C16H15ClN2O5/c17-12-4-2-1-3-11(12)14-8-13(18-24-14)16(22)19-5-6-23-10(9-19)7-15(20)21/h1-4,8,10H,5-7,9H2,(H,20,21). The summed E-state index contributed by atoms with van der Waals surface area (Å²) in [5.41, 5.74) is 0.803. The minimum atomic E-state index is -0.961. The smallest absolute Gasteiger partial charge is 0.306 e. The minimum absolute atomic E-state index is 0.145. The molecule has 0 bridgehead atoms. The lowest BCUT2D eigenvalue weighted by Gasteiger charge is -2.31. The molecule has 0 saturated carbocycles. The van der Waals surface area contributed by atoms with Crippen molar-refractivity contribution in [2.45, 2.75) is 12.5 Å². The number of benzene rings is 1. The maximum absolute atomic E-state index is 12.5. The van der Waals surface area contributed by atoms with Crippen LogP contribution in [-0.4, -0.2) is 52.8 Å². The highest BCUT2D eigenvalue weighted by molar-refractivity contribution is 6.33. The van der Waals surface area contributed by atoms with Gasteiger partial charge >= 0.3 is 5.97 Å². The van der Waals surface area contributed by atoms with Gasteiger partial charge in [0.1, 0.15) is 0 Å². The number of carboxylic acids is 1. The Morgan fingerprint density at radius 2 is 2.17 bits per heavy atom. The Balaban J connectivity index is 1.74. The van der Waals surface area contributed by atoms with E-state index in [1.165, 1.54) is 11.0 Å². The highest BCUT2D eigenvalue weighted by atomic mass is 35.5. The third kappa shape index (κ3) is 3.58. The SMILES string of the molecule is O=C(O)CC1CN(C(=O)c2cc(-c3ccccc3Cl)on2)CCO1. The van der Waals surface area contributed by atoms with Gasteiger partial charge < -0.3 is 19.3 Å². The number of nitrogens with zero attached hydrogens (tertiary/aromatic N) is 2. The summed E-state index contributed by atoms with van der Waals surface area (Å²) < 4.78 is 10.6. The third-order valence-electron chi connectivity index (χ3n) is 3.70. The average molecular weight is 351 g/mol. The number of aromatic nitrogens is 1. The normalized spacial score (nSPS) is 17.7. The molecule has 1 aromatic heterocycles. The summed E-state index contributed by atoms with van der Waals surface area (Å²) in [6.07, 6.45) is -0.664. The van der Waals surface area contributed by atoms with E-state index in [0.29, 0.717) is 29.5 Å². The molecule has 0 aliphatic carbocycles. The van der Waals surface area contributed by atoms with Crippen LogP contribution in [0.2, 0.25) is 5.02 Å². The van der Waals surface area contributed by atoms with Gasteiger partial charge in [-0.1, -0.05) is 28.9 Å². The van der Waals surface area contributed by atoms with Crippen molar-refractivity contribution in [3.05, 3.63) is 41.0 Å². The van der Waals surface area contributed by atoms with E-state index >= 15 is 0 Å². The van der Waals surface area contributed by atoms with E-state index in [4.69, 9.17) is 26.0 Å². The molecule has 1 saturated heterocycles. The minimum Gasteiger partial charge on any atom is -0.481 e. The van der Waals surface area contributed by atoms with Crippen LogP contribution >= 0.6 is 11.6 Å². The summed E-state index contributed by atoms with van der Waals surface area (Å²) in [5.74, 6) is -0.883. The quantitative estimate of drug-likeness (QED) is 0.909. The Morgan fingerprint density at radius 3 is 2.92 bits per heavy atom. The molecule has 1 atom stereocenters. The van der Waals surface area contributed by atoms with Crippen LogP contribution in [0, 0.1) is 0 Å². The van der Waals surface area contributed by atoms with Gasteiger partial charge in [0.15, 0.2) is 11.5 Å². The molecule has 1 aromatic carbocycles. The molecule has 24 heavy (non-hydrogen) atoms. The van der Waals surface area contributed by atoms with Crippen molar-refractivity contribution in [2.24, 2.45) is 0 Å². The lowest BCUT2D eigenvalue weighted by atomic mass is 10.1. The van der Waals surface area contributed by atoms with Crippen LogP contribution in [0.5, 0.6) is 0 Å². The zero-order chi connectivity index (χ0) is 17.1. The number of carbonyl (C=O) groups is 2. The Hall–Kier alpha value is -2.38. The van der Waals surface area contributed by atoms with Gasteiger partial charge in [-0.15, -0.1) is 0 Å². The number of hydrogen-bond donors (Lipinski definition) is 1. The molecule has 1 fully saturated rings. The van der Waals surface area contributed by atoms with E-state index in [0.717, 1.165) is 0 Å². The number of carboxylic acid groups (broad SMARTS) is 1. The topological polar surface area (TPSA) is 92.9 Å². The number of aliphatic carboxylic acids is 1. The Morgan fingerprint density at radius 1 is 1.38 bits per heavy atom. The van der Waals surface area contributed by atoms with Crippen LogP contribution in [0.3, 0.4) is 0 Å². The van der Waals surface area contributed by atoms with E-state index < -0.39 is 12.1 Å². The molecule has 1 aliphatic rings. The molecule has 0 radical (unpaired) electrons. The summed E-state index contributed by atoms with van der Waals surface area (Å²) in [7, 11) is 0. The van der Waals surface area contributed by atoms with Gasteiger partial charge in [-0.05, 0) is 12.1 Å². The molecule has 1 aliphatic heterocycles. The number of halogens is 1. The third-order valence-corrected chi connectivity index (χ3v) is 4.03. The zero-order valence-electron chi connectivity index (χ0n) is 12.6. The molecule has 2 aromatic rings. The molecule has 2 heterocycles. The lowest BCUT2D eigenvalue weighted by Crippen LogP contribution is -2.46. The van der Waals surface area contributed by atoms with Crippen molar-refractivity contribution in [3.8, 4) is 11.3 Å². The van der Waals surface area contributed by atoms with Crippen LogP contribution in [0.25, 0.3) is 11.3 Å². The highest BCUT2D eigenvalue weighted by Gasteiger charge is 2.28. The fraction of sp³-hybridized carbons (Fsp3) is 0.312. The van der Waals surface area contributed by atoms with Gasteiger partial charge in [0.25, 0.3) is 5.91 Å². The summed E-state index contributed by atoms with van der Waals surface area (Å²) in [6, 6.07) is 8.63. The molecule has 8 heteroatoms. The van der Waals surface area contributed by atoms with Gasteiger partial charge in [-0.25, -0.2) is 0 Å². The van der Waals surface area contributed by atoms with Crippen LogP contribution in [0.1, 0.15) is 16.9 Å². The van der Waals surface area contributed by atoms with Crippen molar-refractivity contribution in [1.29, 1.82) is 0 Å². The first-order chi connectivity index (χ1) is 11.5. The molecule has 126 valence electrons. The number of carbonyl (C=O) groups excluding carboxylic acids is 1.